The van der Waals surface area contributed by atoms with E-state index >= 15 is 0 Å². The van der Waals surface area contributed by atoms with E-state index < -0.39 is 11.2 Å². The van der Waals surface area contributed by atoms with Crippen molar-refractivity contribution in [1.29, 1.82) is 0 Å². The zero-order valence-electron chi connectivity index (χ0n) is 15.5. The molecule has 4 nitrogen and oxygen atoms in total. The first kappa shape index (κ1) is 19.0. The minimum Gasteiger partial charge on any atom is -0.426 e. The Morgan fingerprint density at radius 1 is 1.09 bits per heavy atom. The third kappa shape index (κ3) is 3.85. The molecule has 23 heavy (non-hydrogen) atoms. The van der Waals surface area contributed by atoms with Crippen molar-refractivity contribution in [3.8, 4) is 0 Å². The standard InChI is InChI=1S/C16H28B2O4S/c1-13(2,19)14(3,4)20-17-11-9-10-12(23-11)18-21-15(5,6)16(7,8)22-18/h9-10,17,19H,1-8H3. The zero-order valence-corrected chi connectivity index (χ0v) is 16.3. The second kappa shape index (κ2) is 5.88. The molecule has 0 spiro atoms. The van der Waals surface area contributed by atoms with Gasteiger partial charge in [-0.3, -0.25) is 0 Å². The molecular weight excluding hydrogens is 310 g/mol. The molecule has 2 rings (SSSR count). The Labute approximate surface area is 144 Å². The van der Waals surface area contributed by atoms with Gasteiger partial charge in [-0.2, -0.15) is 11.3 Å². The predicted octanol–water partition coefficient (Wildman–Crippen LogP) is 1.59. The lowest BCUT2D eigenvalue weighted by atomic mass is 9.85. The molecule has 2 heterocycles. The van der Waals surface area contributed by atoms with Gasteiger partial charge in [-0.25, -0.2) is 0 Å². The number of hydrogen-bond donors (Lipinski definition) is 1. The van der Waals surface area contributed by atoms with Gasteiger partial charge >= 0.3 is 14.6 Å². The van der Waals surface area contributed by atoms with Crippen LogP contribution < -0.4 is 9.55 Å². The lowest BCUT2D eigenvalue weighted by molar-refractivity contribution is -0.0892. The summed E-state index contributed by atoms with van der Waals surface area (Å²) in [6.45, 7) is 15.5. The van der Waals surface area contributed by atoms with E-state index in [2.05, 4.69) is 27.7 Å². The Kier molecular flexibility index (Phi) is 4.86. The lowest BCUT2D eigenvalue weighted by Crippen LogP contribution is -2.49. The molecule has 7 heteroatoms. The topological polar surface area (TPSA) is 47.9 Å². The maximum Gasteiger partial charge on any atom is 0.505 e. The summed E-state index contributed by atoms with van der Waals surface area (Å²) in [6, 6.07) is 4.06. The van der Waals surface area contributed by atoms with Crippen molar-refractivity contribution in [3.05, 3.63) is 12.1 Å². The Hall–Kier alpha value is -0.330. The smallest absolute Gasteiger partial charge is 0.426 e. The van der Waals surface area contributed by atoms with Crippen LogP contribution >= 0.6 is 11.3 Å². The summed E-state index contributed by atoms with van der Waals surface area (Å²) in [5.41, 5.74) is -2.19. The van der Waals surface area contributed by atoms with Gasteiger partial charge in [0.2, 0.25) is 0 Å². The number of thiophene rings is 1. The molecule has 0 bridgehead atoms. The summed E-state index contributed by atoms with van der Waals surface area (Å²) in [6.07, 6.45) is 0. The summed E-state index contributed by atoms with van der Waals surface area (Å²) in [5, 5.41) is 10.2. The van der Waals surface area contributed by atoms with Crippen molar-refractivity contribution in [3.63, 3.8) is 0 Å². The van der Waals surface area contributed by atoms with Gasteiger partial charge in [0.05, 0.1) is 22.4 Å². The molecule has 0 aromatic carbocycles. The lowest BCUT2D eigenvalue weighted by Gasteiger charge is -2.37. The van der Waals surface area contributed by atoms with Gasteiger partial charge in [0.25, 0.3) is 0 Å². The van der Waals surface area contributed by atoms with Crippen LogP contribution in [-0.2, 0) is 14.0 Å². The molecule has 128 valence electrons. The first-order valence-corrected chi connectivity index (χ1v) is 8.87. The third-order valence-electron chi connectivity index (χ3n) is 5.22. The van der Waals surface area contributed by atoms with Gasteiger partial charge in [-0.15, -0.1) is 0 Å². The first-order valence-electron chi connectivity index (χ1n) is 8.06. The minimum absolute atomic E-state index is 0.332. The minimum atomic E-state index is -0.904. The molecule has 0 saturated carbocycles. The van der Waals surface area contributed by atoms with E-state index in [4.69, 9.17) is 14.0 Å². The summed E-state index contributed by atoms with van der Waals surface area (Å²) in [7, 11) is 0.127. The third-order valence-corrected chi connectivity index (χ3v) is 6.30. The monoisotopic (exact) mass is 338 g/mol. The van der Waals surface area contributed by atoms with Gasteiger partial charge in [-0.1, -0.05) is 12.1 Å². The first-order chi connectivity index (χ1) is 10.3. The maximum atomic E-state index is 10.2. The van der Waals surface area contributed by atoms with Crippen molar-refractivity contribution >= 4 is 35.5 Å². The normalized spacial score (nSPS) is 20.8. The predicted molar refractivity (Wildman–Crippen MR) is 98.3 cm³/mol. The van der Waals surface area contributed by atoms with Crippen LogP contribution in [0.2, 0.25) is 0 Å². The van der Waals surface area contributed by atoms with E-state index in [0.29, 0.717) is 7.48 Å². The Bertz CT molecular complexity index is 545. The molecule has 0 atom stereocenters. The second-order valence-corrected chi connectivity index (χ2v) is 9.45. The molecule has 1 aliphatic rings. The molecule has 1 aromatic heterocycles. The quantitative estimate of drug-likeness (QED) is 0.829. The Morgan fingerprint density at radius 2 is 1.61 bits per heavy atom. The van der Waals surface area contributed by atoms with Crippen molar-refractivity contribution in [2.45, 2.75) is 77.8 Å². The Morgan fingerprint density at radius 3 is 2.09 bits per heavy atom. The molecule has 1 N–H and O–H groups in total. The van der Waals surface area contributed by atoms with Gasteiger partial charge in [0.15, 0.2) is 0 Å². The second-order valence-electron chi connectivity index (χ2n) is 8.25. The molecule has 0 radical (unpaired) electrons. The molecule has 1 aromatic rings. The van der Waals surface area contributed by atoms with Gasteiger partial charge in [-0.05, 0) is 60.2 Å². The highest BCUT2D eigenvalue weighted by Gasteiger charge is 2.52. The zero-order chi connectivity index (χ0) is 17.7. The molecule has 0 aliphatic carbocycles. The summed E-state index contributed by atoms with van der Waals surface area (Å²) < 4.78 is 20.2. The van der Waals surface area contributed by atoms with E-state index in [0.717, 1.165) is 9.55 Å². The largest absolute Gasteiger partial charge is 0.505 e. The molecular formula is C16H28B2O4S. The van der Waals surface area contributed by atoms with E-state index in [1.165, 1.54) is 0 Å². The van der Waals surface area contributed by atoms with Crippen molar-refractivity contribution < 1.29 is 19.1 Å². The molecule has 1 fully saturated rings. The van der Waals surface area contributed by atoms with Crippen molar-refractivity contribution in [2.75, 3.05) is 0 Å². The van der Waals surface area contributed by atoms with Crippen LogP contribution in [0.3, 0.4) is 0 Å². The van der Waals surface area contributed by atoms with E-state index in [1.807, 2.05) is 26.0 Å². The van der Waals surface area contributed by atoms with Crippen LogP contribution in [0, 0.1) is 0 Å². The SMILES string of the molecule is CC(C)(O)C(C)(C)OBc1ccc(B2OC(C)(C)C(C)(C)O2)s1. The van der Waals surface area contributed by atoms with Crippen LogP contribution in [0.25, 0.3) is 0 Å². The van der Waals surface area contributed by atoms with E-state index in [-0.39, 0.29) is 18.3 Å². The van der Waals surface area contributed by atoms with Gasteiger partial charge < -0.3 is 19.1 Å². The molecule has 1 aliphatic heterocycles. The summed E-state index contributed by atoms with van der Waals surface area (Å²) in [5.74, 6) is 0. The molecule has 0 unspecified atom stereocenters. The highest BCUT2D eigenvalue weighted by atomic mass is 32.1. The number of hydrogen-bond acceptors (Lipinski definition) is 5. The van der Waals surface area contributed by atoms with Crippen LogP contribution in [0.4, 0.5) is 0 Å². The van der Waals surface area contributed by atoms with Crippen molar-refractivity contribution in [1.82, 2.24) is 0 Å². The van der Waals surface area contributed by atoms with E-state index in [9.17, 15) is 5.11 Å². The summed E-state index contributed by atoms with van der Waals surface area (Å²) >= 11 is 1.63. The number of rotatable bonds is 5. The maximum absolute atomic E-state index is 10.2. The van der Waals surface area contributed by atoms with Gasteiger partial charge in [0, 0.05) is 4.78 Å². The summed E-state index contributed by atoms with van der Waals surface area (Å²) in [4.78, 5) is 0. The van der Waals surface area contributed by atoms with Crippen LogP contribution in [0.1, 0.15) is 55.4 Å². The fourth-order valence-corrected chi connectivity index (χ4v) is 2.87. The highest BCUT2D eigenvalue weighted by Crippen LogP contribution is 2.36. The fraction of sp³-hybridized carbons (Fsp3) is 0.750. The van der Waals surface area contributed by atoms with Crippen LogP contribution in [0.15, 0.2) is 12.1 Å². The van der Waals surface area contributed by atoms with E-state index in [1.54, 1.807) is 25.2 Å². The average Bonchev–Trinajstić information content (AvgIpc) is 2.89. The number of aliphatic hydroxyl groups is 1. The Balaban J connectivity index is 2.03. The average molecular weight is 338 g/mol. The molecule has 0 amide bonds. The van der Waals surface area contributed by atoms with Gasteiger partial charge in [0.1, 0.15) is 0 Å². The fourth-order valence-electron chi connectivity index (χ4n) is 1.99. The molecule has 1 saturated heterocycles. The highest BCUT2D eigenvalue weighted by molar-refractivity contribution is 7.29. The van der Waals surface area contributed by atoms with Crippen LogP contribution in [0.5, 0.6) is 0 Å². The van der Waals surface area contributed by atoms with Crippen LogP contribution in [-0.4, -0.2) is 42.1 Å². The van der Waals surface area contributed by atoms with Crippen molar-refractivity contribution in [2.24, 2.45) is 0 Å².